The molecule has 0 radical (unpaired) electrons. The number of hydrogen-bond donors (Lipinski definition) is 3. The minimum Gasteiger partial charge on any atom is -0.479 e. The van der Waals surface area contributed by atoms with Crippen LogP contribution in [0.15, 0.2) is 48.5 Å². The number of hydroxylamine groups is 1. The van der Waals surface area contributed by atoms with Crippen LogP contribution in [-0.4, -0.2) is 41.8 Å². The summed E-state index contributed by atoms with van der Waals surface area (Å²) in [5.41, 5.74) is 6.40. The highest BCUT2D eigenvalue weighted by molar-refractivity contribution is 5.85. The van der Waals surface area contributed by atoms with Gasteiger partial charge >= 0.3 is 12.1 Å². The number of carboxylic acids is 1. The van der Waals surface area contributed by atoms with Crippen LogP contribution in [0.1, 0.15) is 57.1 Å². The monoisotopic (exact) mass is 480 g/mol. The van der Waals surface area contributed by atoms with Gasteiger partial charge < -0.3 is 15.2 Å². The van der Waals surface area contributed by atoms with E-state index in [1.807, 2.05) is 57.2 Å². The number of carboxylic acid groups (broad SMARTS) is 1. The molecule has 2 aromatic carbocycles. The van der Waals surface area contributed by atoms with Crippen LogP contribution in [-0.2, 0) is 19.2 Å². The molecule has 3 N–H and O–H groups in total. The minimum absolute atomic E-state index is 0.0961. The van der Waals surface area contributed by atoms with Gasteiger partial charge in [0, 0.05) is 5.92 Å². The zero-order valence-corrected chi connectivity index (χ0v) is 20.2. The second kappa shape index (κ2) is 10.1. The summed E-state index contributed by atoms with van der Waals surface area (Å²) in [4.78, 5) is 42.1. The Bertz CT molecular complexity index is 1060. The van der Waals surface area contributed by atoms with Gasteiger partial charge in [-0.25, -0.2) is 15.1 Å². The third-order valence-corrected chi connectivity index (χ3v) is 6.35. The highest BCUT2D eigenvalue weighted by atomic mass is 16.7. The van der Waals surface area contributed by atoms with E-state index in [0.29, 0.717) is 6.42 Å². The number of benzene rings is 2. The quantitative estimate of drug-likeness (QED) is 0.463. The normalized spacial score (nSPS) is 16.5. The molecule has 0 bridgehead atoms. The van der Waals surface area contributed by atoms with Gasteiger partial charge in [0.25, 0.3) is 5.91 Å². The summed E-state index contributed by atoms with van der Waals surface area (Å²) in [5, 5.41) is 12.0. The summed E-state index contributed by atoms with van der Waals surface area (Å²) in [7, 11) is 0. The summed E-state index contributed by atoms with van der Waals surface area (Å²) in [5.74, 6) is -1.94. The predicted octanol–water partition coefficient (Wildman–Crippen LogP) is 4.24. The van der Waals surface area contributed by atoms with Crippen LogP contribution in [0.3, 0.4) is 0 Å². The number of hydrogen-bond acceptors (Lipinski definition) is 5. The lowest BCUT2D eigenvalue weighted by molar-refractivity contribution is -0.163. The average Bonchev–Trinajstić information content (AvgIpc) is 3.58. The second-order valence-corrected chi connectivity index (χ2v) is 10.5. The van der Waals surface area contributed by atoms with E-state index in [9.17, 15) is 19.5 Å². The SMILES string of the molecule is CC(C)(C)CC(NC(=O)OCC1c2ccccc2-c2ccccc21)C(=O)NOC(C(=O)O)C1CC1. The van der Waals surface area contributed by atoms with Gasteiger partial charge in [0.1, 0.15) is 12.6 Å². The Morgan fingerprint density at radius 3 is 2.09 bits per heavy atom. The van der Waals surface area contributed by atoms with E-state index in [-0.39, 0.29) is 23.9 Å². The number of aliphatic carboxylic acids is 1. The van der Waals surface area contributed by atoms with Crippen LogP contribution in [0.5, 0.6) is 0 Å². The lowest BCUT2D eigenvalue weighted by Crippen LogP contribution is -2.50. The van der Waals surface area contributed by atoms with Gasteiger partial charge in [-0.2, -0.15) is 0 Å². The molecule has 0 heterocycles. The number of carbonyl (C=O) groups is 3. The number of nitrogens with one attached hydrogen (secondary N) is 2. The minimum atomic E-state index is -1.12. The van der Waals surface area contributed by atoms with Crippen molar-refractivity contribution in [1.29, 1.82) is 0 Å². The van der Waals surface area contributed by atoms with E-state index >= 15 is 0 Å². The van der Waals surface area contributed by atoms with Crippen molar-refractivity contribution in [1.82, 2.24) is 10.8 Å². The topological polar surface area (TPSA) is 114 Å². The first kappa shape index (κ1) is 24.7. The van der Waals surface area contributed by atoms with E-state index < -0.39 is 30.1 Å². The second-order valence-electron chi connectivity index (χ2n) is 10.5. The van der Waals surface area contributed by atoms with Crippen molar-refractivity contribution >= 4 is 18.0 Å². The fourth-order valence-corrected chi connectivity index (χ4v) is 4.54. The Hall–Kier alpha value is -3.39. The van der Waals surface area contributed by atoms with Crippen LogP contribution in [0.2, 0.25) is 0 Å². The van der Waals surface area contributed by atoms with Crippen LogP contribution < -0.4 is 10.8 Å². The van der Waals surface area contributed by atoms with Gasteiger partial charge in [0.15, 0.2) is 6.10 Å². The van der Waals surface area contributed by atoms with Crippen LogP contribution in [0.25, 0.3) is 11.1 Å². The summed E-state index contributed by atoms with van der Waals surface area (Å²) in [6.07, 6.45) is -0.00277. The molecule has 4 rings (SSSR count). The van der Waals surface area contributed by atoms with E-state index in [0.717, 1.165) is 35.1 Å². The van der Waals surface area contributed by atoms with Crippen molar-refractivity contribution in [2.45, 2.75) is 58.1 Å². The molecule has 0 aliphatic heterocycles. The molecule has 1 saturated carbocycles. The maximum Gasteiger partial charge on any atom is 0.407 e. The zero-order chi connectivity index (χ0) is 25.2. The number of ether oxygens (including phenoxy) is 1. The van der Waals surface area contributed by atoms with E-state index in [1.165, 1.54) is 0 Å². The van der Waals surface area contributed by atoms with Crippen molar-refractivity contribution < 1.29 is 29.1 Å². The molecule has 186 valence electrons. The standard InChI is InChI=1S/C27H32N2O6/c1-27(2,3)14-22(24(30)29-35-23(25(31)32)16-12-13-16)28-26(33)34-15-21-19-10-6-4-8-17(19)18-9-5-7-11-20(18)21/h4-11,16,21-23H,12-15H2,1-3H3,(H,28,33)(H,29,30)(H,31,32). The maximum absolute atomic E-state index is 12.8. The first-order valence-corrected chi connectivity index (χ1v) is 11.9. The zero-order valence-electron chi connectivity index (χ0n) is 20.2. The van der Waals surface area contributed by atoms with Gasteiger partial charge in [-0.1, -0.05) is 69.3 Å². The molecule has 0 aromatic heterocycles. The van der Waals surface area contributed by atoms with Crippen LogP contribution in [0, 0.1) is 11.3 Å². The first-order chi connectivity index (χ1) is 16.6. The highest BCUT2D eigenvalue weighted by Gasteiger charge is 2.39. The Morgan fingerprint density at radius 2 is 1.57 bits per heavy atom. The number of fused-ring (bicyclic) bond motifs is 3. The molecule has 2 atom stereocenters. The summed E-state index contributed by atoms with van der Waals surface area (Å²) in [6.45, 7) is 5.95. The predicted molar refractivity (Wildman–Crippen MR) is 129 cm³/mol. The van der Waals surface area contributed by atoms with Gasteiger partial charge in [-0.15, -0.1) is 0 Å². The third kappa shape index (κ3) is 6.00. The molecule has 8 nitrogen and oxygen atoms in total. The van der Waals surface area contributed by atoms with Crippen molar-refractivity contribution in [2.24, 2.45) is 11.3 Å². The molecule has 35 heavy (non-hydrogen) atoms. The van der Waals surface area contributed by atoms with Crippen molar-refractivity contribution in [3.8, 4) is 11.1 Å². The van der Waals surface area contributed by atoms with Crippen molar-refractivity contribution in [2.75, 3.05) is 6.61 Å². The number of rotatable bonds is 9. The molecule has 2 amide bonds. The smallest absolute Gasteiger partial charge is 0.407 e. The van der Waals surface area contributed by atoms with E-state index in [4.69, 9.17) is 9.57 Å². The van der Waals surface area contributed by atoms with Gasteiger partial charge in [0.05, 0.1) is 0 Å². The maximum atomic E-state index is 12.8. The van der Waals surface area contributed by atoms with Gasteiger partial charge in [0.2, 0.25) is 0 Å². The molecule has 2 aromatic rings. The summed E-state index contributed by atoms with van der Waals surface area (Å²) < 4.78 is 5.58. The molecule has 2 unspecified atom stereocenters. The van der Waals surface area contributed by atoms with Crippen LogP contribution in [0.4, 0.5) is 4.79 Å². The lowest BCUT2D eigenvalue weighted by Gasteiger charge is -2.26. The van der Waals surface area contributed by atoms with E-state index in [1.54, 1.807) is 0 Å². The first-order valence-electron chi connectivity index (χ1n) is 11.9. The molecule has 2 aliphatic rings. The molecule has 8 heteroatoms. The summed E-state index contributed by atoms with van der Waals surface area (Å²) in [6, 6.07) is 15.2. The lowest BCUT2D eigenvalue weighted by atomic mass is 9.88. The molecule has 1 fully saturated rings. The number of alkyl carbamates (subject to hydrolysis) is 1. The largest absolute Gasteiger partial charge is 0.479 e. The molecule has 0 spiro atoms. The van der Waals surface area contributed by atoms with E-state index in [2.05, 4.69) is 22.9 Å². The van der Waals surface area contributed by atoms with Crippen molar-refractivity contribution in [3.63, 3.8) is 0 Å². The fourth-order valence-electron chi connectivity index (χ4n) is 4.54. The molecule has 2 aliphatic carbocycles. The van der Waals surface area contributed by atoms with Crippen LogP contribution >= 0.6 is 0 Å². The average molecular weight is 481 g/mol. The highest BCUT2D eigenvalue weighted by Crippen LogP contribution is 2.44. The summed E-state index contributed by atoms with van der Waals surface area (Å²) >= 11 is 0. The number of amides is 2. The Kier molecular flexibility index (Phi) is 7.12. The van der Waals surface area contributed by atoms with Gasteiger partial charge in [-0.05, 0) is 52.8 Å². The van der Waals surface area contributed by atoms with Gasteiger partial charge in [-0.3, -0.25) is 9.63 Å². The number of carbonyl (C=O) groups excluding carboxylic acids is 2. The Labute approximate surface area is 205 Å². The molecule has 0 saturated heterocycles. The molecular formula is C27H32N2O6. The third-order valence-electron chi connectivity index (χ3n) is 6.35. The fraction of sp³-hybridized carbons (Fsp3) is 0.444. The Morgan fingerprint density at radius 1 is 1.00 bits per heavy atom. The molecular weight excluding hydrogens is 448 g/mol. The van der Waals surface area contributed by atoms with Crippen molar-refractivity contribution in [3.05, 3.63) is 59.7 Å². The Balaban J connectivity index is 1.39.